The summed E-state index contributed by atoms with van der Waals surface area (Å²) in [5.74, 6) is 0.688. The summed E-state index contributed by atoms with van der Waals surface area (Å²) in [5.41, 5.74) is 1.47. The van der Waals surface area contributed by atoms with Gasteiger partial charge in [-0.3, -0.25) is 14.4 Å². The number of aryl methyl sites for hydroxylation is 1. The number of nitrogens with zero attached hydrogens (tertiary/aromatic N) is 5. The number of ether oxygens (including phenoxy) is 1. The van der Waals surface area contributed by atoms with Crippen LogP contribution in [0.2, 0.25) is 5.02 Å². The van der Waals surface area contributed by atoms with Gasteiger partial charge in [-0.1, -0.05) is 11.6 Å². The Morgan fingerprint density at radius 3 is 2.59 bits per heavy atom. The van der Waals surface area contributed by atoms with E-state index in [9.17, 15) is 13.7 Å². The molecule has 32 heavy (non-hydrogen) atoms. The van der Waals surface area contributed by atoms with E-state index in [1.54, 1.807) is 42.2 Å². The molecule has 1 N–H and O–H groups in total. The molecule has 2 aromatic heterocycles. The van der Waals surface area contributed by atoms with Gasteiger partial charge in [-0.2, -0.15) is 10.4 Å². The molecule has 0 amide bonds. The quantitative estimate of drug-likeness (QED) is 0.455. The molecule has 2 heterocycles. The summed E-state index contributed by atoms with van der Waals surface area (Å²) in [6.45, 7) is 0. The van der Waals surface area contributed by atoms with E-state index in [1.165, 1.54) is 36.8 Å². The first-order valence-electron chi connectivity index (χ1n) is 9.16. The molecule has 0 spiro atoms. The molecule has 0 atom stereocenters. The Hall–Kier alpha value is -3.94. The van der Waals surface area contributed by atoms with Crippen molar-refractivity contribution in [1.82, 2.24) is 19.7 Å². The van der Waals surface area contributed by atoms with Crippen LogP contribution in [0.15, 0.2) is 72.1 Å². The van der Waals surface area contributed by atoms with Crippen molar-refractivity contribution >= 4 is 27.4 Å². The number of rotatable bonds is 6. The predicted octanol–water partition coefficient (Wildman–Crippen LogP) is 4.00. The average molecular weight is 467 g/mol. The molecule has 9 nitrogen and oxygen atoms in total. The maximum atomic E-state index is 12.7. The number of nitriles is 1. The highest BCUT2D eigenvalue weighted by molar-refractivity contribution is 7.92. The van der Waals surface area contributed by atoms with E-state index in [1.807, 2.05) is 6.07 Å². The highest BCUT2D eigenvalue weighted by atomic mass is 35.5. The molecule has 0 aliphatic heterocycles. The number of halogens is 1. The third-order valence-corrected chi connectivity index (χ3v) is 6.03. The van der Waals surface area contributed by atoms with Gasteiger partial charge < -0.3 is 4.74 Å². The summed E-state index contributed by atoms with van der Waals surface area (Å²) in [7, 11) is -2.20. The van der Waals surface area contributed by atoms with Gasteiger partial charge in [-0.15, -0.1) is 0 Å². The average Bonchev–Trinajstić information content (AvgIpc) is 3.21. The number of hydrogen-bond acceptors (Lipinski definition) is 7. The third kappa shape index (κ3) is 4.39. The topological polar surface area (TPSA) is 123 Å². The molecule has 0 fully saturated rings. The van der Waals surface area contributed by atoms with Crippen molar-refractivity contribution < 1.29 is 13.2 Å². The van der Waals surface area contributed by atoms with Crippen LogP contribution in [0.4, 0.5) is 5.82 Å². The second kappa shape index (κ2) is 8.66. The molecule has 4 rings (SSSR count). The van der Waals surface area contributed by atoms with E-state index < -0.39 is 10.0 Å². The first-order valence-corrected chi connectivity index (χ1v) is 11.0. The number of hydrogen-bond donors (Lipinski definition) is 1. The molecule has 4 aromatic rings. The fraction of sp³-hybridized carbons (Fsp3) is 0.0476. The summed E-state index contributed by atoms with van der Waals surface area (Å²) < 4.78 is 35.3. The normalized spacial score (nSPS) is 11.0. The van der Waals surface area contributed by atoms with Crippen LogP contribution in [-0.2, 0) is 17.1 Å². The van der Waals surface area contributed by atoms with Gasteiger partial charge in [0.15, 0.2) is 5.82 Å². The number of benzene rings is 2. The van der Waals surface area contributed by atoms with E-state index in [2.05, 4.69) is 19.8 Å². The van der Waals surface area contributed by atoms with Gasteiger partial charge in [0.05, 0.1) is 22.3 Å². The van der Waals surface area contributed by atoms with Crippen LogP contribution in [-0.4, -0.2) is 28.2 Å². The Morgan fingerprint density at radius 2 is 1.91 bits per heavy atom. The molecule has 11 heteroatoms. The fourth-order valence-corrected chi connectivity index (χ4v) is 4.14. The molecular formula is C21H15ClN6O3S. The second-order valence-corrected chi connectivity index (χ2v) is 8.67. The molecule has 2 aromatic carbocycles. The van der Waals surface area contributed by atoms with Crippen LogP contribution in [0.1, 0.15) is 5.56 Å². The van der Waals surface area contributed by atoms with Crippen molar-refractivity contribution in [3.8, 4) is 28.8 Å². The minimum Gasteiger partial charge on any atom is -0.455 e. The number of sulfonamides is 1. The summed E-state index contributed by atoms with van der Waals surface area (Å²) in [4.78, 5) is 7.60. The standard InChI is InChI=1S/C21H15ClN6O3S/c1-28-18(6-7-26-28)17-11-15(22)2-4-20(17)31-19-5-3-16(10-14(19)12-23)32(29,30)27-21-13-24-8-9-25-21/h2-11,13H,1H3,(H,25,27). The van der Waals surface area contributed by atoms with Crippen LogP contribution >= 0.6 is 11.6 Å². The van der Waals surface area contributed by atoms with Crippen LogP contribution in [0.3, 0.4) is 0 Å². The highest BCUT2D eigenvalue weighted by Gasteiger charge is 2.19. The maximum Gasteiger partial charge on any atom is 0.263 e. The van der Waals surface area contributed by atoms with Crippen molar-refractivity contribution in [2.75, 3.05) is 4.72 Å². The van der Waals surface area contributed by atoms with Crippen molar-refractivity contribution in [2.24, 2.45) is 7.05 Å². The summed E-state index contributed by atoms with van der Waals surface area (Å²) in [5, 5.41) is 14.3. The van der Waals surface area contributed by atoms with Crippen LogP contribution in [0.25, 0.3) is 11.3 Å². The minimum absolute atomic E-state index is 0.0397. The Labute approximate surface area is 188 Å². The highest BCUT2D eigenvalue weighted by Crippen LogP contribution is 2.36. The molecular weight excluding hydrogens is 452 g/mol. The van der Waals surface area contributed by atoms with E-state index in [0.717, 1.165) is 5.69 Å². The van der Waals surface area contributed by atoms with Crippen molar-refractivity contribution in [1.29, 1.82) is 5.26 Å². The third-order valence-electron chi connectivity index (χ3n) is 4.44. The van der Waals surface area contributed by atoms with Crippen LogP contribution in [0.5, 0.6) is 11.5 Å². The van der Waals surface area contributed by atoms with Gasteiger partial charge in [-0.05, 0) is 42.5 Å². The first kappa shape index (κ1) is 21.3. The molecule has 0 saturated carbocycles. The zero-order chi connectivity index (χ0) is 22.7. The Bertz CT molecular complexity index is 1430. The summed E-state index contributed by atoms with van der Waals surface area (Å²) >= 11 is 6.16. The number of nitrogens with one attached hydrogen (secondary N) is 1. The Balaban J connectivity index is 1.69. The van der Waals surface area contributed by atoms with Crippen LogP contribution in [0, 0.1) is 11.3 Å². The lowest BCUT2D eigenvalue weighted by molar-refractivity contribution is 0.481. The molecule has 0 aliphatic carbocycles. The Morgan fingerprint density at radius 1 is 1.09 bits per heavy atom. The smallest absolute Gasteiger partial charge is 0.263 e. The lowest BCUT2D eigenvalue weighted by atomic mass is 10.1. The van der Waals surface area contributed by atoms with Gasteiger partial charge in [0, 0.05) is 36.2 Å². The molecule has 0 bridgehead atoms. The fourth-order valence-electron chi connectivity index (χ4n) is 2.95. The zero-order valence-corrected chi connectivity index (χ0v) is 18.2. The molecule has 0 saturated heterocycles. The Kier molecular flexibility index (Phi) is 5.77. The predicted molar refractivity (Wildman–Crippen MR) is 118 cm³/mol. The zero-order valence-electron chi connectivity index (χ0n) is 16.6. The molecule has 160 valence electrons. The van der Waals surface area contributed by atoms with E-state index >= 15 is 0 Å². The molecule has 0 aliphatic rings. The van der Waals surface area contributed by atoms with E-state index in [-0.39, 0.29) is 22.0 Å². The lowest BCUT2D eigenvalue weighted by Gasteiger charge is -2.14. The van der Waals surface area contributed by atoms with Crippen LogP contribution < -0.4 is 9.46 Å². The van der Waals surface area contributed by atoms with Gasteiger partial charge in [0.2, 0.25) is 0 Å². The SMILES string of the molecule is Cn1nccc1-c1cc(Cl)ccc1Oc1ccc(S(=O)(=O)Nc2cnccn2)cc1C#N. The van der Waals surface area contributed by atoms with E-state index in [0.29, 0.717) is 16.3 Å². The largest absolute Gasteiger partial charge is 0.455 e. The van der Waals surface area contributed by atoms with Crippen molar-refractivity contribution in [2.45, 2.75) is 4.90 Å². The van der Waals surface area contributed by atoms with Gasteiger partial charge >= 0.3 is 0 Å². The summed E-state index contributed by atoms with van der Waals surface area (Å²) in [6, 6.07) is 12.8. The van der Waals surface area contributed by atoms with Gasteiger partial charge in [0.1, 0.15) is 17.6 Å². The minimum atomic E-state index is -3.98. The maximum absolute atomic E-state index is 12.7. The van der Waals surface area contributed by atoms with E-state index in [4.69, 9.17) is 16.3 Å². The first-order chi connectivity index (χ1) is 15.4. The lowest BCUT2D eigenvalue weighted by Crippen LogP contribution is -2.14. The van der Waals surface area contributed by atoms with Gasteiger partial charge in [0.25, 0.3) is 10.0 Å². The number of aromatic nitrogens is 4. The van der Waals surface area contributed by atoms with Gasteiger partial charge in [-0.25, -0.2) is 13.4 Å². The van der Waals surface area contributed by atoms with Crippen molar-refractivity contribution in [3.05, 3.63) is 77.8 Å². The summed E-state index contributed by atoms with van der Waals surface area (Å²) in [6.07, 6.45) is 5.71. The van der Waals surface area contributed by atoms with Crippen molar-refractivity contribution in [3.63, 3.8) is 0 Å². The number of anilines is 1. The molecule has 0 radical (unpaired) electrons. The second-order valence-electron chi connectivity index (χ2n) is 6.55. The monoisotopic (exact) mass is 466 g/mol. The molecule has 0 unspecified atom stereocenters.